The molecule has 0 saturated carbocycles. The molecule has 1 aromatic rings. The molecule has 1 amide bonds. The van der Waals surface area contributed by atoms with Crippen molar-refractivity contribution in [3.05, 3.63) is 35.9 Å². The van der Waals surface area contributed by atoms with Crippen molar-refractivity contribution in [2.24, 2.45) is 5.41 Å². The standard InChI is InChI=1S/C15H23NO3/c1-15(2,8-9-17)11-16-14(19)10-13(18)12-6-4-3-5-7-12/h3-7,13,17-18H,8-11H2,1-2H3,(H,16,19). The summed E-state index contributed by atoms with van der Waals surface area (Å²) in [6.45, 7) is 4.57. The Morgan fingerprint density at radius 3 is 2.53 bits per heavy atom. The van der Waals surface area contributed by atoms with E-state index in [0.29, 0.717) is 13.0 Å². The van der Waals surface area contributed by atoms with Gasteiger partial charge in [0.05, 0.1) is 12.5 Å². The summed E-state index contributed by atoms with van der Waals surface area (Å²) in [7, 11) is 0. The van der Waals surface area contributed by atoms with Crippen LogP contribution in [0.1, 0.15) is 38.4 Å². The minimum absolute atomic E-state index is 0.0548. The molecule has 19 heavy (non-hydrogen) atoms. The van der Waals surface area contributed by atoms with E-state index >= 15 is 0 Å². The zero-order chi connectivity index (χ0) is 14.3. The SMILES string of the molecule is CC(C)(CCO)CNC(=O)CC(O)c1ccccc1. The maximum atomic E-state index is 11.7. The van der Waals surface area contributed by atoms with E-state index in [0.717, 1.165) is 5.56 Å². The van der Waals surface area contributed by atoms with Crippen molar-refractivity contribution in [3.8, 4) is 0 Å². The van der Waals surface area contributed by atoms with E-state index in [1.807, 2.05) is 32.0 Å². The Labute approximate surface area is 114 Å². The highest BCUT2D eigenvalue weighted by Gasteiger charge is 2.19. The van der Waals surface area contributed by atoms with Crippen LogP contribution in [-0.4, -0.2) is 29.3 Å². The van der Waals surface area contributed by atoms with Gasteiger partial charge >= 0.3 is 0 Å². The number of rotatable bonds is 7. The molecule has 0 heterocycles. The molecule has 4 nitrogen and oxygen atoms in total. The monoisotopic (exact) mass is 265 g/mol. The second-order valence-corrected chi connectivity index (χ2v) is 5.55. The van der Waals surface area contributed by atoms with E-state index in [1.54, 1.807) is 12.1 Å². The van der Waals surface area contributed by atoms with Crippen molar-refractivity contribution in [1.82, 2.24) is 5.32 Å². The molecule has 4 heteroatoms. The Morgan fingerprint density at radius 1 is 1.32 bits per heavy atom. The number of benzene rings is 1. The summed E-state index contributed by atoms with van der Waals surface area (Å²) in [5.41, 5.74) is 0.606. The van der Waals surface area contributed by atoms with E-state index in [-0.39, 0.29) is 24.3 Å². The Balaban J connectivity index is 2.39. The maximum Gasteiger partial charge on any atom is 0.222 e. The summed E-state index contributed by atoms with van der Waals surface area (Å²) >= 11 is 0. The van der Waals surface area contributed by atoms with Crippen LogP contribution in [0.4, 0.5) is 0 Å². The molecular weight excluding hydrogens is 242 g/mol. The largest absolute Gasteiger partial charge is 0.396 e. The molecule has 0 fully saturated rings. The number of hydrogen-bond acceptors (Lipinski definition) is 3. The Bertz CT molecular complexity index is 390. The van der Waals surface area contributed by atoms with Crippen molar-refractivity contribution in [2.75, 3.05) is 13.2 Å². The molecule has 0 radical (unpaired) electrons. The second-order valence-electron chi connectivity index (χ2n) is 5.55. The normalized spacial score (nSPS) is 13.1. The van der Waals surface area contributed by atoms with Crippen LogP contribution in [0.2, 0.25) is 0 Å². The van der Waals surface area contributed by atoms with Crippen molar-refractivity contribution < 1.29 is 15.0 Å². The minimum atomic E-state index is -0.776. The van der Waals surface area contributed by atoms with Crippen molar-refractivity contribution in [1.29, 1.82) is 0 Å². The van der Waals surface area contributed by atoms with Crippen molar-refractivity contribution >= 4 is 5.91 Å². The smallest absolute Gasteiger partial charge is 0.222 e. The molecule has 0 bridgehead atoms. The summed E-state index contributed by atoms with van der Waals surface area (Å²) in [6.07, 6.45) is -0.0876. The molecule has 106 valence electrons. The van der Waals surface area contributed by atoms with Crippen LogP contribution in [0.5, 0.6) is 0 Å². The fourth-order valence-corrected chi connectivity index (χ4v) is 1.77. The number of aliphatic hydroxyl groups excluding tert-OH is 2. The molecule has 3 N–H and O–H groups in total. The van der Waals surface area contributed by atoms with Gasteiger partial charge in [0.15, 0.2) is 0 Å². The minimum Gasteiger partial charge on any atom is -0.396 e. The first-order valence-electron chi connectivity index (χ1n) is 6.55. The quantitative estimate of drug-likeness (QED) is 0.702. The van der Waals surface area contributed by atoms with Gasteiger partial charge in [-0.3, -0.25) is 4.79 Å². The zero-order valence-electron chi connectivity index (χ0n) is 11.6. The molecule has 0 spiro atoms. The average molecular weight is 265 g/mol. The number of amides is 1. The van der Waals surface area contributed by atoms with Crippen molar-refractivity contribution in [2.45, 2.75) is 32.8 Å². The van der Waals surface area contributed by atoms with Gasteiger partial charge < -0.3 is 15.5 Å². The number of hydrogen-bond donors (Lipinski definition) is 3. The van der Waals surface area contributed by atoms with Gasteiger partial charge in [-0.2, -0.15) is 0 Å². The van der Waals surface area contributed by atoms with Crippen molar-refractivity contribution in [3.63, 3.8) is 0 Å². The van der Waals surface area contributed by atoms with E-state index < -0.39 is 6.10 Å². The van der Waals surface area contributed by atoms with Gasteiger partial charge in [-0.05, 0) is 17.4 Å². The molecule has 0 saturated heterocycles. The van der Waals surface area contributed by atoms with Gasteiger partial charge in [0.25, 0.3) is 0 Å². The average Bonchev–Trinajstić information content (AvgIpc) is 2.37. The van der Waals surface area contributed by atoms with Crippen LogP contribution >= 0.6 is 0 Å². The molecule has 0 aliphatic rings. The molecule has 1 unspecified atom stereocenters. The first kappa shape index (κ1) is 15.7. The zero-order valence-corrected chi connectivity index (χ0v) is 11.6. The fraction of sp³-hybridized carbons (Fsp3) is 0.533. The molecule has 0 aliphatic carbocycles. The van der Waals surface area contributed by atoms with Crippen LogP contribution in [0.15, 0.2) is 30.3 Å². The van der Waals surface area contributed by atoms with E-state index in [9.17, 15) is 9.90 Å². The predicted molar refractivity (Wildman–Crippen MR) is 74.5 cm³/mol. The molecule has 0 aromatic heterocycles. The van der Waals surface area contributed by atoms with Gasteiger partial charge in [0.2, 0.25) is 5.91 Å². The molecule has 0 aliphatic heterocycles. The van der Waals surface area contributed by atoms with Gasteiger partial charge in [0.1, 0.15) is 0 Å². The summed E-state index contributed by atoms with van der Waals surface area (Å²) in [6, 6.07) is 9.14. The van der Waals surface area contributed by atoms with Gasteiger partial charge in [-0.1, -0.05) is 44.2 Å². The van der Waals surface area contributed by atoms with Crippen LogP contribution < -0.4 is 5.32 Å². The van der Waals surface area contributed by atoms with E-state index in [1.165, 1.54) is 0 Å². The lowest BCUT2D eigenvalue weighted by molar-refractivity contribution is -0.123. The van der Waals surface area contributed by atoms with Crippen LogP contribution in [-0.2, 0) is 4.79 Å². The fourth-order valence-electron chi connectivity index (χ4n) is 1.77. The summed E-state index contributed by atoms with van der Waals surface area (Å²) in [4.78, 5) is 11.7. The van der Waals surface area contributed by atoms with E-state index in [4.69, 9.17) is 5.11 Å². The van der Waals surface area contributed by atoms with Crippen LogP contribution in [0.25, 0.3) is 0 Å². The Morgan fingerprint density at radius 2 is 1.95 bits per heavy atom. The van der Waals surface area contributed by atoms with E-state index in [2.05, 4.69) is 5.32 Å². The highest BCUT2D eigenvalue weighted by molar-refractivity contribution is 5.76. The summed E-state index contributed by atoms with van der Waals surface area (Å²) in [5.74, 6) is -0.178. The van der Waals surface area contributed by atoms with Gasteiger partial charge in [-0.15, -0.1) is 0 Å². The van der Waals surface area contributed by atoms with Gasteiger partial charge in [-0.25, -0.2) is 0 Å². The molecule has 1 aromatic carbocycles. The third-order valence-electron chi connectivity index (χ3n) is 3.12. The topological polar surface area (TPSA) is 69.6 Å². The lowest BCUT2D eigenvalue weighted by atomic mass is 9.89. The second kappa shape index (κ2) is 7.26. The molecule has 1 rings (SSSR count). The molecular formula is C15H23NO3. The third-order valence-corrected chi connectivity index (χ3v) is 3.12. The third kappa shape index (κ3) is 5.85. The predicted octanol–water partition coefficient (Wildman–Crippen LogP) is 1.63. The Hall–Kier alpha value is -1.39. The van der Waals surface area contributed by atoms with Gasteiger partial charge in [0, 0.05) is 13.2 Å². The number of carbonyl (C=O) groups is 1. The van der Waals surface area contributed by atoms with Crippen LogP contribution in [0.3, 0.4) is 0 Å². The first-order valence-corrected chi connectivity index (χ1v) is 6.55. The summed E-state index contributed by atoms with van der Waals surface area (Å²) < 4.78 is 0. The Kier molecular flexibility index (Phi) is 5.99. The summed E-state index contributed by atoms with van der Waals surface area (Å²) in [5, 5.41) is 21.6. The highest BCUT2D eigenvalue weighted by Crippen LogP contribution is 2.19. The number of carbonyl (C=O) groups excluding carboxylic acids is 1. The lowest BCUT2D eigenvalue weighted by Gasteiger charge is -2.24. The van der Waals surface area contributed by atoms with Crippen LogP contribution in [0, 0.1) is 5.41 Å². The first-order chi connectivity index (χ1) is 8.94. The lowest BCUT2D eigenvalue weighted by Crippen LogP contribution is -2.35. The number of aliphatic hydroxyl groups is 2. The highest BCUT2D eigenvalue weighted by atomic mass is 16.3. The number of nitrogens with one attached hydrogen (secondary N) is 1. The molecule has 1 atom stereocenters. The maximum absolute atomic E-state index is 11.7.